The highest BCUT2D eigenvalue weighted by Crippen LogP contribution is 2.41. The Labute approximate surface area is 217 Å². The molecule has 0 radical (unpaired) electrons. The lowest BCUT2D eigenvalue weighted by molar-refractivity contribution is -0.143. The second kappa shape index (κ2) is 10.5. The van der Waals surface area contributed by atoms with Crippen LogP contribution in [0.3, 0.4) is 0 Å². The Morgan fingerprint density at radius 3 is 2.65 bits per heavy atom. The lowest BCUT2D eigenvalue weighted by Crippen LogP contribution is -2.45. The van der Waals surface area contributed by atoms with E-state index in [9.17, 15) is 19.5 Å². The Balaban J connectivity index is 1.63. The van der Waals surface area contributed by atoms with Crippen molar-refractivity contribution >= 4 is 23.5 Å². The van der Waals surface area contributed by atoms with Crippen LogP contribution >= 0.6 is 0 Å². The van der Waals surface area contributed by atoms with Crippen molar-refractivity contribution in [2.24, 2.45) is 5.92 Å². The molecular formula is C29H35FN2O5. The first-order valence-electron chi connectivity index (χ1n) is 12.9. The lowest BCUT2D eigenvalue weighted by Gasteiger charge is -2.37. The Hall–Kier alpha value is -3.42. The maximum absolute atomic E-state index is 15.1. The van der Waals surface area contributed by atoms with Gasteiger partial charge < -0.3 is 20.1 Å². The van der Waals surface area contributed by atoms with E-state index in [4.69, 9.17) is 4.74 Å². The molecule has 7 nitrogen and oxygen atoms in total. The van der Waals surface area contributed by atoms with E-state index in [1.54, 1.807) is 19.1 Å². The molecule has 1 aliphatic carbocycles. The molecule has 2 aromatic rings. The maximum atomic E-state index is 15.1. The summed E-state index contributed by atoms with van der Waals surface area (Å²) in [6.07, 6.45) is 2.32. The molecule has 0 saturated carbocycles. The number of hydrogen-bond acceptors (Lipinski definition) is 4. The number of anilines is 1. The first-order valence-corrected chi connectivity index (χ1v) is 12.9. The number of carbonyl (C=O) groups excluding carboxylic acids is 2. The van der Waals surface area contributed by atoms with Crippen LogP contribution in [0.2, 0.25) is 0 Å². The number of benzene rings is 2. The van der Waals surface area contributed by atoms with Gasteiger partial charge in [0.2, 0.25) is 5.91 Å². The van der Waals surface area contributed by atoms with E-state index in [0.29, 0.717) is 42.1 Å². The van der Waals surface area contributed by atoms with Crippen molar-refractivity contribution in [2.45, 2.75) is 71.3 Å². The molecule has 0 aromatic heterocycles. The summed E-state index contributed by atoms with van der Waals surface area (Å²) in [6.45, 7) is 8.31. The molecule has 0 spiro atoms. The Morgan fingerprint density at radius 1 is 1.19 bits per heavy atom. The molecule has 2 atom stereocenters. The number of fused-ring (bicyclic) bond motifs is 2. The van der Waals surface area contributed by atoms with Gasteiger partial charge in [-0.3, -0.25) is 14.4 Å². The summed E-state index contributed by atoms with van der Waals surface area (Å²) in [5.74, 6) is -1.98. The van der Waals surface area contributed by atoms with Gasteiger partial charge in [-0.15, -0.1) is 0 Å². The van der Waals surface area contributed by atoms with Gasteiger partial charge in [0.05, 0.1) is 12.5 Å². The van der Waals surface area contributed by atoms with Crippen molar-refractivity contribution in [1.82, 2.24) is 4.90 Å². The minimum absolute atomic E-state index is 0.0200. The number of amides is 2. The number of ether oxygens (including phenoxy) is 1. The monoisotopic (exact) mass is 510 g/mol. The normalized spacial score (nSPS) is 18.5. The molecule has 37 heavy (non-hydrogen) atoms. The zero-order chi connectivity index (χ0) is 26.9. The number of nitrogens with one attached hydrogen (secondary N) is 1. The molecule has 0 unspecified atom stereocenters. The lowest BCUT2D eigenvalue weighted by atomic mass is 9.86. The number of carboxylic acid groups (broad SMARTS) is 1. The molecule has 1 aliphatic heterocycles. The smallest absolute Gasteiger partial charge is 0.306 e. The third-order valence-electron chi connectivity index (χ3n) is 7.57. The number of carboxylic acids is 1. The van der Waals surface area contributed by atoms with Crippen molar-refractivity contribution in [3.63, 3.8) is 0 Å². The standard InChI is InChI=1S/C29H35FN2O5/c1-5-37-21-7-8-22-18(15-21)11-13-32(24(33)9-6-17(2)28(35)36)26(22)27(34)31-20-14-19-10-12-29(3,4)25(19)23(30)16-20/h7-8,14-17,26H,5-6,9-13H2,1-4H3,(H,31,34)(H,35,36)/t17-,26+/m0/s1. The van der Waals surface area contributed by atoms with Crippen molar-refractivity contribution in [3.05, 3.63) is 58.4 Å². The first kappa shape index (κ1) is 26.6. The van der Waals surface area contributed by atoms with Crippen LogP contribution in [0.5, 0.6) is 5.75 Å². The second-order valence-corrected chi connectivity index (χ2v) is 10.7. The number of nitrogens with zero attached hydrogens (tertiary/aromatic N) is 1. The molecular weight excluding hydrogens is 475 g/mol. The Morgan fingerprint density at radius 2 is 1.95 bits per heavy atom. The van der Waals surface area contributed by atoms with Gasteiger partial charge >= 0.3 is 5.97 Å². The van der Waals surface area contributed by atoms with E-state index in [-0.39, 0.29) is 30.0 Å². The van der Waals surface area contributed by atoms with Crippen molar-refractivity contribution < 1.29 is 28.6 Å². The Bertz CT molecular complexity index is 1230. The molecule has 2 aliphatic rings. The predicted octanol–water partition coefficient (Wildman–Crippen LogP) is 5.01. The van der Waals surface area contributed by atoms with E-state index >= 15 is 4.39 Å². The van der Waals surface area contributed by atoms with Gasteiger partial charge in [0, 0.05) is 18.7 Å². The summed E-state index contributed by atoms with van der Waals surface area (Å²) in [4.78, 5) is 39.6. The maximum Gasteiger partial charge on any atom is 0.306 e. The Kier molecular flexibility index (Phi) is 7.57. The zero-order valence-electron chi connectivity index (χ0n) is 21.9. The summed E-state index contributed by atoms with van der Waals surface area (Å²) < 4.78 is 20.7. The number of hydrogen-bond donors (Lipinski definition) is 2. The van der Waals surface area contributed by atoms with Crippen LogP contribution in [0.25, 0.3) is 0 Å². The van der Waals surface area contributed by atoms with Gasteiger partial charge in [0.15, 0.2) is 0 Å². The first-order chi connectivity index (χ1) is 17.5. The summed E-state index contributed by atoms with van der Waals surface area (Å²) >= 11 is 0. The molecule has 1 heterocycles. The molecule has 2 amide bonds. The number of halogens is 1. The second-order valence-electron chi connectivity index (χ2n) is 10.7. The van der Waals surface area contributed by atoms with Crippen LogP contribution in [0.1, 0.15) is 75.3 Å². The number of carbonyl (C=O) groups is 3. The van der Waals surface area contributed by atoms with Crippen LogP contribution < -0.4 is 10.1 Å². The summed E-state index contributed by atoms with van der Waals surface area (Å²) in [6, 6.07) is 7.74. The molecule has 8 heteroatoms. The SMILES string of the molecule is CCOc1ccc2c(c1)CCN(C(=O)CC[C@H](C)C(=O)O)[C@H]2C(=O)Nc1cc(F)c2c(c1)CCC2(C)C. The third-order valence-corrected chi connectivity index (χ3v) is 7.57. The molecule has 0 bridgehead atoms. The van der Waals surface area contributed by atoms with E-state index in [1.165, 1.54) is 11.0 Å². The third kappa shape index (κ3) is 5.48. The fourth-order valence-electron chi connectivity index (χ4n) is 5.49. The largest absolute Gasteiger partial charge is 0.494 e. The molecule has 0 saturated heterocycles. The molecule has 2 aromatic carbocycles. The van der Waals surface area contributed by atoms with E-state index < -0.39 is 23.8 Å². The van der Waals surface area contributed by atoms with E-state index in [0.717, 1.165) is 24.0 Å². The van der Waals surface area contributed by atoms with E-state index in [2.05, 4.69) is 5.32 Å². The quantitative estimate of drug-likeness (QED) is 0.520. The molecule has 4 rings (SSSR count). The fraction of sp³-hybridized carbons (Fsp3) is 0.483. The summed E-state index contributed by atoms with van der Waals surface area (Å²) in [5, 5.41) is 12.1. The average Bonchev–Trinajstić information content (AvgIpc) is 3.16. The summed E-state index contributed by atoms with van der Waals surface area (Å²) in [7, 11) is 0. The summed E-state index contributed by atoms with van der Waals surface area (Å²) in [5.41, 5.74) is 3.30. The van der Waals surface area contributed by atoms with Gasteiger partial charge in [-0.2, -0.15) is 0 Å². The average molecular weight is 511 g/mol. The molecule has 198 valence electrons. The fourth-order valence-corrected chi connectivity index (χ4v) is 5.49. The predicted molar refractivity (Wildman–Crippen MR) is 138 cm³/mol. The minimum atomic E-state index is -0.962. The van der Waals surface area contributed by atoms with Crippen molar-refractivity contribution in [2.75, 3.05) is 18.5 Å². The van der Waals surface area contributed by atoms with Crippen molar-refractivity contribution in [1.29, 1.82) is 0 Å². The topological polar surface area (TPSA) is 95.9 Å². The van der Waals surface area contributed by atoms with Gasteiger partial charge in [0.25, 0.3) is 5.91 Å². The number of rotatable bonds is 8. The van der Waals surface area contributed by atoms with Crippen LogP contribution in [-0.4, -0.2) is 40.9 Å². The number of aliphatic carboxylic acids is 1. The van der Waals surface area contributed by atoms with Crippen LogP contribution in [-0.2, 0) is 32.6 Å². The highest BCUT2D eigenvalue weighted by atomic mass is 19.1. The molecule has 2 N–H and O–H groups in total. The van der Waals surface area contributed by atoms with Gasteiger partial charge in [-0.1, -0.05) is 26.8 Å². The number of aryl methyl sites for hydroxylation is 1. The minimum Gasteiger partial charge on any atom is -0.494 e. The van der Waals surface area contributed by atoms with Crippen LogP contribution in [0.4, 0.5) is 10.1 Å². The zero-order valence-corrected chi connectivity index (χ0v) is 21.9. The van der Waals surface area contributed by atoms with Crippen molar-refractivity contribution in [3.8, 4) is 5.75 Å². The van der Waals surface area contributed by atoms with Gasteiger partial charge in [0.1, 0.15) is 17.6 Å². The van der Waals surface area contributed by atoms with Gasteiger partial charge in [-0.25, -0.2) is 4.39 Å². The van der Waals surface area contributed by atoms with E-state index in [1.807, 2.05) is 32.9 Å². The highest BCUT2D eigenvalue weighted by Gasteiger charge is 2.37. The van der Waals surface area contributed by atoms with Gasteiger partial charge in [-0.05, 0) is 84.5 Å². The molecule has 0 fully saturated rings. The van der Waals surface area contributed by atoms with Crippen LogP contribution in [0, 0.1) is 11.7 Å². The highest BCUT2D eigenvalue weighted by molar-refractivity contribution is 5.98. The van der Waals surface area contributed by atoms with Crippen LogP contribution in [0.15, 0.2) is 30.3 Å².